The van der Waals surface area contributed by atoms with Crippen molar-refractivity contribution >= 4 is 29.0 Å². The summed E-state index contributed by atoms with van der Waals surface area (Å²) >= 11 is 1.67. The van der Waals surface area contributed by atoms with Crippen LogP contribution < -0.4 is 5.32 Å². The lowest BCUT2D eigenvalue weighted by Gasteiger charge is -2.35. The number of nitrogens with zero attached hydrogens (tertiary/aromatic N) is 5. The zero-order valence-electron chi connectivity index (χ0n) is 22.1. The number of urea groups is 1. The van der Waals surface area contributed by atoms with Crippen LogP contribution >= 0.6 is 11.3 Å². The van der Waals surface area contributed by atoms with Crippen LogP contribution in [0.1, 0.15) is 32.4 Å². The van der Waals surface area contributed by atoms with E-state index in [-0.39, 0.29) is 43.2 Å². The zero-order valence-corrected chi connectivity index (χ0v) is 22.9. The number of hydrogen-bond donors (Lipinski definition) is 2. The molecule has 38 heavy (non-hydrogen) atoms. The molecule has 0 saturated heterocycles. The monoisotopic (exact) mass is 540 g/mol. The Morgan fingerprint density at radius 3 is 2.82 bits per heavy atom. The number of carbonyl (C=O) groups is 2. The third kappa shape index (κ3) is 7.18. The maximum atomic E-state index is 13.0. The Labute approximate surface area is 227 Å². The van der Waals surface area contributed by atoms with E-state index in [0.717, 1.165) is 5.56 Å². The zero-order chi connectivity index (χ0) is 27.1. The molecule has 2 N–H and O–H groups in total. The van der Waals surface area contributed by atoms with Crippen LogP contribution in [0.2, 0.25) is 0 Å². The maximum Gasteiger partial charge on any atom is 0.321 e. The summed E-state index contributed by atoms with van der Waals surface area (Å²) in [4.78, 5) is 30.5. The van der Waals surface area contributed by atoms with Gasteiger partial charge >= 0.3 is 6.03 Å². The van der Waals surface area contributed by atoms with Crippen LogP contribution in [0, 0.1) is 5.92 Å². The Bertz CT molecular complexity index is 1180. The highest BCUT2D eigenvalue weighted by molar-refractivity contribution is 7.13. The Morgan fingerprint density at radius 1 is 1.32 bits per heavy atom. The summed E-state index contributed by atoms with van der Waals surface area (Å²) in [5.74, 6) is -0.127. The first-order valence-electron chi connectivity index (χ1n) is 12.9. The molecule has 2 aromatic heterocycles. The second kappa shape index (κ2) is 13.0. The highest BCUT2D eigenvalue weighted by Crippen LogP contribution is 2.26. The van der Waals surface area contributed by atoms with Gasteiger partial charge in [0.15, 0.2) is 0 Å². The molecule has 1 aromatic carbocycles. The SMILES string of the molecule is C[C@@H]1CN([C@@H](C)CO)C(=O)CCCn2cc(nn2)CO[C@H]1CN(C)C(=O)Nc1ccc(-c2cccs2)cc1. The molecule has 0 spiro atoms. The van der Waals surface area contributed by atoms with Crippen molar-refractivity contribution in [3.8, 4) is 10.4 Å². The second-order valence-electron chi connectivity index (χ2n) is 9.85. The predicted molar refractivity (Wildman–Crippen MR) is 147 cm³/mol. The van der Waals surface area contributed by atoms with Crippen LogP contribution in [-0.4, -0.2) is 80.7 Å². The molecule has 3 amide bonds. The highest BCUT2D eigenvalue weighted by atomic mass is 32.1. The number of amides is 3. The number of rotatable bonds is 6. The average molecular weight is 541 g/mol. The third-order valence-electron chi connectivity index (χ3n) is 6.79. The van der Waals surface area contributed by atoms with E-state index in [0.29, 0.717) is 43.9 Å². The van der Waals surface area contributed by atoms with Crippen LogP contribution in [0.4, 0.5) is 10.5 Å². The molecular weight excluding hydrogens is 504 g/mol. The van der Waals surface area contributed by atoms with E-state index >= 15 is 0 Å². The minimum absolute atomic E-state index is 0.0196. The highest BCUT2D eigenvalue weighted by Gasteiger charge is 2.29. The van der Waals surface area contributed by atoms with Crippen molar-refractivity contribution in [3.05, 3.63) is 53.7 Å². The molecule has 0 radical (unpaired) electrons. The third-order valence-corrected chi connectivity index (χ3v) is 7.71. The molecule has 10 nitrogen and oxygen atoms in total. The lowest BCUT2D eigenvalue weighted by Crippen LogP contribution is -2.48. The van der Waals surface area contributed by atoms with Crippen molar-refractivity contribution in [1.82, 2.24) is 24.8 Å². The standard InChI is InChI=1S/C27H36N6O4S/c1-19-14-33(20(2)17-34)26(35)7-4-12-32-15-23(29-30-32)18-37-24(19)16-31(3)27(36)28-22-10-8-21(9-11-22)25-6-5-13-38-25/h5-6,8-11,13,15,19-20,24,34H,4,7,12,14,16-18H2,1-3H3,(H,28,36)/t19-,20+,24+/m1/s1. The number of nitrogens with one attached hydrogen (secondary N) is 1. The molecule has 0 aliphatic carbocycles. The van der Waals surface area contributed by atoms with Gasteiger partial charge in [0.25, 0.3) is 0 Å². The molecule has 0 unspecified atom stereocenters. The van der Waals surface area contributed by atoms with E-state index in [1.165, 1.54) is 4.88 Å². The molecule has 4 rings (SSSR count). The minimum Gasteiger partial charge on any atom is -0.394 e. The molecular formula is C27H36N6O4S. The van der Waals surface area contributed by atoms with Gasteiger partial charge < -0.3 is 25.0 Å². The van der Waals surface area contributed by atoms with Crippen molar-refractivity contribution in [2.45, 2.75) is 52.0 Å². The van der Waals surface area contributed by atoms with E-state index in [1.807, 2.05) is 55.8 Å². The normalized spacial score (nSPS) is 19.7. The fourth-order valence-corrected chi connectivity index (χ4v) is 5.16. The van der Waals surface area contributed by atoms with Crippen LogP contribution in [0.5, 0.6) is 0 Å². The summed E-state index contributed by atoms with van der Waals surface area (Å²) < 4.78 is 7.97. The first-order chi connectivity index (χ1) is 18.3. The van der Waals surface area contributed by atoms with E-state index in [9.17, 15) is 14.7 Å². The summed E-state index contributed by atoms with van der Waals surface area (Å²) in [5.41, 5.74) is 2.51. The number of hydrogen-bond acceptors (Lipinski definition) is 7. The maximum absolute atomic E-state index is 13.0. The predicted octanol–water partition coefficient (Wildman–Crippen LogP) is 3.70. The molecule has 1 aliphatic heterocycles. The van der Waals surface area contributed by atoms with Crippen molar-refractivity contribution in [3.63, 3.8) is 0 Å². The quantitative estimate of drug-likeness (QED) is 0.493. The van der Waals surface area contributed by atoms with Crippen LogP contribution in [0.15, 0.2) is 48.0 Å². The lowest BCUT2D eigenvalue weighted by atomic mass is 10.0. The van der Waals surface area contributed by atoms with Gasteiger partial charge in [-0.3, -0.25) is 9.48 Å². The minimum atomic E-state index is -0.376. The Kier molecular flexibility index (Phi) is 9.48. The number of ether oxygens (including phenoxy) is 1. The number of thiophene rings is 1. The smallest absolute Gasteiger partial charge is 0.321 e. The number of aromatic nitrogens is 3. The van der Waals surface area contributed by atoms with E-state index in [4.69, 9.17) is 4.74 Å². The van der Waals surface area contributed by atoms with Crippen molar-refractivity contribution in [2.75, 3.05) is 32.1 Å². The lowest BCUT2D eigenvalue weighted by molar-refractivity contribution is -0.136. The first-order valence-corrected chi connectivity index (χ1v) is 13.8. The number of aliphatic hydroxyl groups excluding tert-OH is 1. The topological polar surface area (TPSA) is 113 Å². The number of anilines is 1. The number of aryl methyl sites for hydroxylation is 1. The second-order valence-corrected chi connectivity index (χ2v) is 10.8. The number of fused-ring (bicyclic) bond motifs is 2. The van der Waals surface area contributed by atoms with E-state index in [2.05, 4.69) is 21.7 Å². The number of aliphatic hydroxyl groups is 1. The van der Waals surface area contributed by atoms with Crippen LogP contribution in [0.3, 0.4) is 0 Å². The van der Waals surface area contributed by atoms with Gasteiger partial charge in [0.2, 0.25) is 5.91 Å². The Morgan fingerprint density at radius 2 is 2.11 bits per heavy atom. The van der Waals surface area contributed by atoms with Gasteiger partial charge in [-0.05, 0) is 42.5 Å². The van der Waals surface area contributed by atoms with Gasteiger partial charge in [-0.1, -0.05) is 30.3 Å². The molecule has 3 aromatic rings. The van der Waals surface area contributed by atoms with Gasteiger partial charge in [0, 0.05) is 49.6 Å². The number of likely N-dealkylation sites (N-methyl/N-ethyl adjacent to an activating group) is 1. The van der Waals surface area contributed by atoms with Crippen molar-refractivity contribution in [2.24, 2.45) is 5.92 Å². The molecule has 0 saturated carbocycles. The number of benzene rings is 1. The van der Waals surface area contributed by atoms with Crippen LogP contribution in [-0.2, 0) is 22.7 Å². The van der Waals surface area contributed by atoms with E-state index in [1.54, 1.807) is 32.9 Å². The van der Waals surface area contributed by atoms with Gasteiger partial charge in [0.05, 0.1) is 31.6 Å². The van der Waals surface area contributed by atoms with Gasteiger partial charge in [-0.2, -0.15) is 0 Å². The fourth-order valence-electron chi connectivity index (χ4n) is 4.43. The fraction of sp³-hybridized carbons (Fsp3) is 0.481. The summed E-state index contributed by atoms with van der Waals surface area (Å²) in [6.45, 7) is 5.27. The molecule has 204 valence electrons. The summed E-state index contributed by atoms with van der Waals surface area (Å²) in [5, 5.41) is 23.1. The molecule has 11 heteroatoms. The van der Waals surface area contributed by atoms with Crippen molar-refractivity contribution < 1.29 is 19.4 Å². The first kappa shape index (κ1) is 27.7. The molecule has 2 bridgehead atoms. The number of carbonyl (C=O) groups excluding carboxylic acids is 2. The Hall–Kier alpha value is -3.28. The molecule has 3 heterocycles. The van der Waals surface area contributed by atoms with E-state index < -0.39 is 0 Å². The van der Waals surface area contributed by atoms with Gasteiger partial charge in [0.1, 0.15) is 5.69 Å². The molecule has 0 fully saturated rings. The molecule has 1 aliphatic rings. The van der Waals surface area contributed by atoms with Crippen molar-refractivity contribution in [1.29, 1.82) is 0 Å². The van der Waals surface area contributed by atoms with Gasteiger partial charge in [-0.15, -0.1) is 16.4 Å². The largest absolute Gasteiger partial charge is 0.394 e. The summed E-state index contributed by atoms with van der Waals surface area (Å²) in [7, 11) is 1.72. The van der Waals surface area contributed by atoms with Gasteiger partial charge in [-0.25, -0.2) is 4.79 Å². The summed E-state index contributed by atoms with van der Waals surface area (Å²) in [6, 6.07) is 11.3. The van der Waals surface area contributed by atoms with Crippen LogP contribution in [0.25, 0.3) is 10.4 Å². The Balaban J connectivity index is 1.44. The summed E-state index contributed by atoms with van der Waals surface area (Å²) in [6.07, 6.45) is 2.44. The molecule has 3 atom stereocenters. The average Bonchev–Trinajstić information content (AvgIpc) is 3.61.